The van der Waals surface area contributed by atoms with Crippen molar-refractivity contribution < 1.29 is 9.90 Å². The number of hydrogen-bond donors (Lipinski definition) is 3. The molecular weight excluding hydrogens is 316 g/mol. The SMILES string of the molecule is CC(NC(=O)NCC(O)c1ccsc1)c1ccc(Cl)s1. The number of aliphatic hydroxyl groups is 1. The lowest BCUT2D eigenvalue weighted by Gasteiger charge is -2.15. The zero-order valence-corrected chi connectivity index (χ0v) is 13.2. The summed E-state index contributed by atoms with van der Waals surface area (Å²) in [6, 6.07) is 5.10. The summed E-state index contributed by atoms with van der Waals surface area (Å²) in [5.74, 6) is 0. The first-order valence-electron chi connectivity index (χ1n) is 6.06. The minimum atomic E-state index is -0.682. The summed E-state index contributed by atoms with van der Waals surface area (Å²) >= 11 is 8.81. The van der Waals surface area contributed by atoms with E-state index in [9.17, 15) is 9.90 Å². The van der Waals surface area contributed by atoms with Crippen LogP contribution in [0.4, 0.5) is 4.79 Å². The van der Waals surface area contributed by atoms with Crippen LogP contribution in [-0.2, 0) is 0 Å². The summed E-state index contributed by atoms with van der Waals surface area (Å²) in [7, 11) is 0. The molecular formula is C13H15ClN2O2S2. The molecule has 0 aliphatic heterocycles. The molecule has 0 saturated heterocycles. The van der Waals surface area contributed by atoms with Crippen molar-refractivity contribution >= 4 is 40.3 Å². The van der Waals surface area contributed by atoms with E-state index in [4.69, 9.17) is 11.6 Å². The molecule has 108 valence electrons. The first-order chi connectivity index (χ1) is 9.56. The number of nitrogens with one attached hydrogen (secondary N) is 2. The molecule has 2 atom stereocenters. The van der Waals surface area contributed by atoms with Gasteiger partial charge in [-0.25, -0.2) is 4.79 Å². The number of thiophene rings is 2. The van der Waals surface area contributed by atoms with Crippen molar-refractivity contribution in [1.82, 2.24) is 10.6 Å². The summed E-state index contributed by atoms with van der Waals surface area (Å²) in [5, 5.41) is 19.1. The average Bonchev–Trinajstić information content (AvgIpc) is 3.06. The topological polar surface area (TPSA) is 61.4 Å². The maximum Gasteiger partial charge on any atom is 0.315 e. The van der Waals surface area contributed by atoms with Gasteiger partial charge in [0.05, 0.1) is 16.5 Å². The second-order valence-corrected chi connectivity index (χ2v) is 6.82. The molecule has 3 N–H and O–H groups in total. The van der Waals surface area contributed by atoms with E-state index in [-0.39, 0.29) is 18.6 Å². The Labute approximate surface area is 130 Å². The van der Waals surface area contributed by atoms with Gasteiger partial charge < -0.3 is 15.7 Å². The van der Waals surface area contributed by atoms with E-state index in [2.05, 4.69) is 10.6 Å². The molecule has 0 radical (unpaired) electrons. The summed E-state index contributed by atoms with van der Waals surface area (Å²) in [6.45, 7) is 2.07. The number of carbonyl (C=O) groups excluding carboxylic acids is 1. The number of rotatable bonds is 5. The molecule has 0 fully saturated rings. The molecule has 0 bridgehead atoms. The third-order valence-electron chi connectivity index (χ3n) is 2.75. The van der Waals surface area contributed by atoms with Crippen LogP contribution in [0.2, 0.25) is 4.34 Å². The number of hydrogen-bond acceptors (Lipinski definition) is 4. The quantitative estimate of drug-likeness (QED) is 0.785. The van der Waals surface area contributed by atoms with Crippen LogP contribution in [0.15, 0.2) is 29.0 Å². The van der Waals surface area contributed by atoms with E-state index in [1.54, 1.807) is 6.07 Å². The van der Waals surface area contributed by atoms with Gasteiger partial charge in [-0.1, -0.05) is 11.6 Å². The molecule has 2 heterocycles. The summed E-state index contributed by atoms with van der Waals surface area (Å²) < 4.78 is 0.696. The highest BCUT2D eigenvalue weighted by Crippen LogP contribution is 2.26. The molecule has 4 nitrogen and oxygen atoms in total. The monoisotopic (exact) mass is 330 g/mol. The second kappa shape index (κ2) is 7.08. The standard InChI is InChI=1S/C13H15ClN2O2S2/c1-8(11-2-3-12(14)20-11)16-13(18)15-6-10(17)9-4-5-19-7-9/h2-5,7-8,10,17H,6H2,1H3,(H2,15,16,18). The maximum absolute atomic E-state index is 11.7. The molecule has 0 aromatic carbocycles. The van der Waals surface area contributed by atoms with Gasteiger partial charge in [0.15, 0.2) is 0 Å². The van der Waals surface area contributed by atoms with Gasteiger partial charge in [0.2, 0.25) is 0 Å². The lowest BCUT2D eigenvalue weighted by Crippen LogP contribution is -2.38. The molecule has 0 spiro atoms. The molecule has 0 saturated carbocycles. The fraction of sp³-hybridized carbons (Fsp3) is 0.308. The Morgan fingerprint density at radius 2 is 2.25 bits per heavy atom. The second-order valence-electron chi connectivity index (χ2n) is 4.29. The van der Waals surface area contributed by atoms with Crippen LogP contribution in [0.5, 0.6) is 0 Å². The highest BCUT2D eigenvalue weighted by molar-refractivity contribution is 7.16. The number of urea groups is 1. The minimum Gasteiger partial charge on any atom is -0.387 e. The first kappa shape index (κ1) is 15.3. The van der Waals surface area contributed by atoms with Crippen LogP contribution < -0.4 is 10.6 Å². The van der Waals surface area contributed by atoms with E-state index in [0.717, 1.165) is 10.4 Å². The lowest BCUT2D eigenvalue weighted by molar-refractivity contribution is 0.173. The van der Waals surface area contributed by atoms with Crippen molar-refractivity contribution in [1.29, 1.82) is 0 Å². The Morgan fingerprint density at radius 3 is 2.85 bits per heavy atom. The van der Waals surface area contributed by atoms with E-state index in [1.165, 1.54) is 22.7 Å². The van der Waals surface area contributed by atoms with E-state index in [1.807, 2.05) is 29.8 Å². The predicted octanol–water partition coefficient (Wildman–Crippen LogP) is 3.56. The third kappa shape index (κ3) is 4.21. The zero-order chi connectivity index (χ0) is 14.5. The van der Waals surface area contributed by atoms with Crippen molar-refractivity contribution in [2.45, 2.75) is 19.1 Å². The van der Waals surface area contributed by atoms with Gasteiger partial charge >= 0.3 is 6.03 Å². The van der Waals surface area contributed by atoms with Gasteiger partial charge in [-0.05, 0) is 41.4 Å². The van der Waals surface area contributed by atoms with Gasteiger partial charge in [-0.3, -0.25) is 0 Å². The fourth-order valence-electron chi connectivity index (χ4n) is 1.65. The van der Waals surface area contributed by atoms with Crippen LogP contribution in [0, 0.1) is 0 Å². The van der Waals surface area contributed by atoms with E-state index < -0.39 is 6.10 Å². The molecule has 2 aromatic rings. The molecule has 7 heteroatoms. The van der Waals surface area contributed by atoms with Gasteiger partial charge in [0.1, 0.15) is 0 Å². The summed E-state index contributed by atoms with van der Waals surface area (Å²) in [6.07, 6.45) is -0.682. The van der Waals surface area contributed by atoms with Crippen molar-refractivity contribution in [2.24, 2.45) is 0 Å². The lowest BCUT2D eigenvalue weighted by atomic mass is 10.2. The first-order valence-corrected chi connectivity index (χ1v) is 8.19. The van der Waals surface area contributed by atoms with Crippen LogP contribution in [-0.4, -0.2) is 17.7 Å². The summed E-state index contributed by atoms with van der Waals surface area (Å²) in [4.78, 5) is 12.7. The minimum absolute atomic E-state index is 0.120. The van der Waals surface area contributed by atoms with Crippen molar-refractivity contribution in [3.8, 4) is 0 Å². The maximum atomic E-state index is 11.7. The van der Waals surface area contributed by atoms with Crippen LogP contribution in [0.1, 0.15) is 29.5 Å². The van der Waals surface area contributed by atoms with Crippen molar-refractivity contribution in [3.63, 3.8) is 0 Å². The fourth-order valence-corrected chi connectivity index (χ4v) is 3.42. The normalized spacial score (nSPS) is 13.8. The number of halogens is 1. The molecule has 2 amide bonds. The van der Waals surface area contributed by atoms with Gasteiger partial charge in [0.25, 0.3) is 0 Å². The van der Waals surface area contributed by atoms with Crippen LogP contribution >= 0.6 is 34.3 Å². The Kier molecular flexibility index (Phi) is 5.42. The highest BCUT2D eigenvalue weighted by atomic mass is 35.5. The van der Waals surface area contributed by atoms with Crippen molar-refractivity contribution in [2.75, 3.05) is 6.54 Å². The largest absolute Gasteiger partial charge is 0.387 e. The smallest absolute Gasteiger partial charge is 0.315 e. The predicted molar refractivity (Wildman–Crippen MR) is 83.6 cm³/mol. The van der Waals surface area contributed by atoms with Crippen LogP contribution in [0.25, 0.3) is 0 Å². The highest BCUT2D eigenvalue weighted by Gasteiger charge is 2.13. The van der Waals surface area contributed by atoms with E-state index >= 15 is 0 Å². The summed E-state index contributed by atoms with van der Waals surface area (Å²) in [5.41, 5.74) is 0.813. The van der Waals surface area contributed by atoms with Crippen LogP contribution in [0.3, 0.4) is 0 Å². The van der Waals surface area contributed by atoms with E-state index in [0.29, 0.717) is 4.34 Å². The number of aliphatic hydroxyl groups excluding tert-OH is 1. The molecule has 0 aliphatic carbocycles. The molecule has 2 unspecified atom stereocenters. The zero-order valence-electron chi connectivity index (χ0n) is 10.8. The Bertz CT molecular complexity index is 556. The Morgan fingerprint density at radius 1 is 1.45 bits per heavy atom. The van der Waals surface area contributed by atoms with Gasteiger partial charge in [-0.15, -0.1) is 11.3 Å². The molecule has 0 aliphatic rings. The third-order valence-corrected chi connectivity index (χ3v) is 4.87. The Balaban J connectivity index is 1.78. The number of carbonyl (C=O) groups is 1. The van der Waals surface area contributed by atoms with Gasteiger partial charge in [0, 0.05) is 11.4 Å². The molecule has 2 aromatic heterocycles. The number of amides is 2. The van der Waals surface area contributed by atoms with Crippen molar-refractivity contribution in [3.05, 3.63) is 43.7 Å². The average molecular weight is 331 g/mol. The Hall–Kier alpha value is -1.08. The molecule has 20 heavy (non-hydrogen) atoms. The van der Waals surface area contributed by atoms with Gasteiger partial charge in [-0.2, -0.15) is 11.3 Å². The molecule has 2 rings (SSSR count).